The Morgan fingerprint density at radius 1 is 1.28 bits per heavy atom. The molecule has 0 amide bonds. The summed E-state index contributed by atoms with van der Waals surface area (Å²) in [5.74, 6) is 0.195. The molecule has 0 saturated heterocycles. The molecule has 3 rings (SSSR count). The average Bonchev–Trinajstić information content (AvgIpc) is 2.84. The van der Waals surface area contributed by atoms with E-state index < -0.39 is 0 Å². The molecule has 0 fully saturated rings. The van der Waals surface area contributed by atoms with Gasteiger partial charge in [-0.1, -0.05) is 24.3 Å². The minimum Gasteiger partial charge on any atom is -0.303 e. The quantitative estimate of drug-likeness (QED) is 0.837. The predicted octanol–water partition coefficient (Wildman–Crippen LogP) is 3.13. The minimum absolute atomic E-state index is 0.173. The lowest BCUT2D eigenvalue weighted by Gasteiger charge is -2.25. The van der Waals surface area contributed by atoms with Crippen LogP contribution in [0.15, 0.2) is 36.4 Å². The van der Waals surface area contributed by atoms with E-state index in [1.165, 1.54) is 10.4 Å². The molecule has 92 valence electrons. The number of benzene rings is 1. The molecule has 1 aromatic heterocycles. The fourth-order valence-corrected chi connectivity index (χ4v) is 3.29. The van der Waals surface area contributed by atoms with Gasteiger partial charge in [-0.3, -0.25) is 4.79 Å². The van der Waals surface area contributed by atoms with E-state index in [2.05, 4.69) is 17.4 Å². The van der Waals surface area contributed by atoms with Crippen molar-refractivity contribution in [1.29, 1.82) is 0 Å². The van der Waals surface area contributed by atoms with E-state index in [1.807, 2.05) is 31.2 Å². The molecule has 18 heavy (non-hydrogen) atoms. The van der Waals surface area contributed by atoms with Crippen LogP contribution in [-0.2, 0) is 6.42 Å². The number of ketones is 1. The van der Waals surface area contributed by atoms with Crippen molar-refractivity contribution in [3.8, 4) is 0 Å². The first kappa shape index (κ1) is 11.6. The van der Waals surface area contributed by atoms with Crippen LogP contribution in [0.2, 0.25) is 0 Å². The van der Waals surface area contributed by atoms with E-state index >= 15 is 0 Å². The maximum absolute atomic E-state index is 12.5. The van der Waals surface area contributed by atoms with Gasteiger partial charge >= 0.3 is 0 Å². The van der Waals surface area contributed by atoms with E-state index in [-0.39, 0.29) is 11.8 Å². The lowest BCUT2D eigenvalue weighted by molar-refractivity contribution is 0.0943. The third-order valence-electron chi connectivity index (χ3n) is 3.35. The molecule has 0 bridgehead atoms. The van der Waals surface area contributed by atoms with Crippen LogP contribution in [-0.4, -0.2) is 12.3 Å². The van der Waals surface area contributed by atoms with E-state index in [0.717, 1.165) is 23.4 Å². The van der Waals surface area contributed by atoms with Gasteiger partial charge in [0.1, 0.15) is 0 Å². The summed E-state index contributed by atoms with van der Waals surface area (Å²) in [6.07, 6.45) is 1.00. The van der Waals surface area contributed by atoms with Gasteiger partial charge in [0.25, 0.3) is 0 Å². The monoisotopic (exact) mass is 257 g/mol. The van der Waals surface area contributed by atoms with Crippen LogP contribution < -0.4 is 5.32 Å². The molecule has 1 aromatic carbocycles. The second-order valence-electron chi connectivity index (χ2n) is 4.61. The van der Waals surface area contributed by atoms with Gasteiger partial charge in [0, 0.05) is 11.4 Å². The van der Waals surface area contributed by atoms with Crippen LogP contribution >= 0.6 is 11.3 Å². The Morgan fingerprint density at radius 3 is 2.89 bits per heavy atom. The van der Waals surface area contributed by atoms with Crippen molar-refractivity contribution in [3.05, 3.63) is 57.3 Å². The minimum atomic E-state index is -0.173. The summed E-state index contributed by atoms with van der Waals surface area (Å²) in [5, 5.41) is 3.34. The molecule has 0 spiro atoms. The molecule has 3 heteroatoms. The van der Waals surface area contributed by atoms with Gasteiger partial charge in [0.15, 0.2) is 5.78 Å². The first-order valence-electron chi connectivity index (χ1n) is 6.17. The molecule has 1 aliphatic heterocycles. The molecule has 2 heterocycles. The van der Waals surface area contributed by atoms with Gasteiger partial charge in [-0.15, -0.1) is 11.3 Å². The van der Waals surface area contributed by atoms with Gasteiger partial charge < -0.3 is 5.32 Å². The number of carbonyl (C=O) groups excluding carboxylic acids is 1. The number of rotatable bonds is 2. The van der Waals surface area contributed by atoms with E-state index in [1.54, 1.807) is 11.3 Å². The molecule has 0 saturated carbocycles. The highest BCUT2D eigenvalue weighted by Crippen LogP contribution is 2.28. The predicted molar refractivity (Wildman–Crippen MR) is 74.3 cm³/mol. The number of hydrogen-bond acceptors (Lipinski definition) is 3. The lowest BCUT2D eigenvalue weighted by atomic mass is 9.91. The highest BCUT2D eigenvalue weighted by molar-refractivity contribution is 7.14. The van der Waals surface area contributed by atoms with Gasteiger partial charge in [0.2, 0.25) is 0 Å². The van der Waals surface area contributed by atoms with Gasteiger partial charge in [-0.05, 0) is 36.6 Å². The first-order valence-corrected chi connectivity index (χ1v) is 6.99. The third kappa shape index (κ3) is 2.00. The number of thiophene rings is 1. The van der Waals surface area contributed by atoms with Crippen LogP contribution in [0.3, 0.4) is 0 Å². The van der Waals surface area contributed by atoms with Crippen molar-refractivity contribution in [3.63, 3.8) is 0 Å². The number of aryl methyl sites for hydroxylation is 1. The molecular formula is C15H15NOS. The van der Waals surface area contributed by atoms with Crippen molar-refractivity contribution in [2.75, 3.05) is 6.54 Å². The Labute approximate surface area is 111 Å². The van der Waals surface area contributed by atoms with Gasteiger partial charge in [-0.25, -0.2) is 0 Å². The van der Waals surface area contributed by atoms with Crippen LogP contribution in [0.1, 0.15) is 31.7 Å². The largest absolute Gasteiger partial charge is 0.303 e. The topological polar surface area (TPSA) is 29.1 Å². The molecule has 1 unspecified atom stereocenters. The Morgan fingerprint density at radius 2 is 2.11 bits per heavy atom. The Hall–Kier alpha value is -1.45. The maximum Gasteiger partial charge on any atom is 0.194 e. The Kier molecular flexibility index (Phi) is 3.02. The summed E-state index contributed by atoms with van der Waals surface area (Å²) >= 11 is 1.57. The SMILES string of the molecule is Cc1ccc(C(=O)C2NCCc3ccccc32)s1. The summed E-state index contributed by atoms with van der Waals surface area (Å²) in [7, 11) is 0. The number of hydrogen-bond donors (Lipinski definition) is 1. The number of nitrogens with one attached hydrogen (secondary N) is 1. The second kappa shape index (κ2) is 4.67. The molecule has 1 N–H and O–H groups in total. The fourth-order valence-electron chi connectivity index (χ4n) is 2.45. The van der Waals surface area contributed by atoms with Crippen molar-refractivity contribution in [2.24, 2.45) is 0 Å². The van der Waals surface area contributed by atoms with Crippen LogP contribution in [0, 0.1) is 6.92 Å². The van der Waals surface area contributed by atoms with Crippen LogP contribution in [0.25, 0.3) is 0 Å². The van der Waals surface area contributed by atoms with E-state index in [4.69, 9.17) is 0 Å². The standard InChI is InChI=1S/C15H15NOS/c1-10-6-7-13(18-10)15(17)14-12-5-3-2-4-11(12)8-9-16-14/h2-7,14,16H,8-9H2,1H3. The smallest absolute Gasteiger partial charge is 0.194 e. The molecule has 2 nitrogen and oxygen atoms in total. The zero-order valence-corrected chi connectivity index (χ0v) is 11.1. The number of carbonyl (C=O) groups is 1. The average molecular weight is 257 g/mol. The third-order valence-corrected chi connectivity index (χ3v) is 4.37. The molecule has 0 aliphatic carbocycles. The lowest BCUT2D eigenvalue weighted by Crippen LogP contribution is -2.34. The maximum atomic E-state index is 12.5. The summed E-state index contributed by atoms with van der Waals surface area (Å²) in [5.41, 5.74) is 2.43. The summed E-state index contributed by atoms with van der Waals surface area (Å²) in [6, 6.07) is 12.0. The molecule has 1 atom stereocenters. The van der Waals surface area contributed by atoms with Crippen molar-refractivity contribution >= 4 is 17.1 Å². The highest BCUT2D eigenvalue weighted by Gasteiger charge is 2.27. The van der Waals surface area contributed by atoms with E-state index in [9.17, 15) is 4.79 Å². The van der Waals surface area contributed by atoms with Gasteiger partial charge in [-0.2, -0.15) is 0 Å². The summed E-state index contributed by atoms with van der Waals surface area (Å²) in [4.78, 5) is 14.6. The fraction of sp³-hybridized carbons (Fsp3) is 0.267. The molecule has 0 radical (unpaired) electrons. The van der Waals surface area contributed by atoms with Crippen LogP contribution in [0.5, 0.6) is 0 Å². The van der Waals surface area contributed by atoms with Gasteiger partial charge in [0.05, 0.1) is 10.9 Å². The molecule has 1 aliphatic rings. The second-order valence-corrected chi connectivity index (χ2v) is 5.90. The summed E-state index contributed by atoms with van der Waals surface area (Å²) < 4.78 is 0. The normalized spacial score (nSPS) is 18.4. The number of fused-ring (bicyclic) bond motifs is 1. The van der Waals surface area contributed by atoms with Crippen LogP contribution in [0.4, 0.5) is 0 Å². The first-order chi connectivity index (χ1) is 8.75. The summed E-state index contributed by atoms with van der Waals surface area (Å²) in [6.45, 7) is 2.90. The highest BCUT2D eigenvalue weighted by atomic mass is 32.1. The molecular weight excluding hydrogens is 242 g/mol. The Balaban J connectivity index is 1.96. The van der Waals surface area contributed by atoms with Crippen molar-refractivity contribution < 1.29 is 4.79 Å². The van der Waals surface area contributed by atoms with E-state index in [0.29, 0.717) is 0 Å². The number of Topliss-reactive ketones (excluding diaryl/α,β-unsaturated/α-hetero) is 1. The zero-order chi connectivity index (χ0) is 12.5. The van der Waals surface area contributed by atoms with Crippen molar-refractivity contribution in [2.45, 2.75) is 19.4 Å². The zero-order valence-electron chi connectivity index (χ0n) is 10.3. The Bertz CT molecular complexity index is 588. The van der Waals surface area contributed by atoms with Crippen molar-refractivity contribution in [1.82, 2.24) is 5.32 Å². The molecule has 2 aromatic rings.